The lowest BCUT2D eigenvalue weighted by Crippen LogP contribution is -2.31. The molecule has 0 unspecified atom stereocenters. The molecule has 1 aromatic rings. The molecule has 88 valence electrons. The van der Waals surface area contributed by atoms with Crippen LogP contribution < -0.4 is 10.6 Å². The Morgan fingerprint density at radius 2 is 2.06 bits per heavy atom. The SMILES string of the molecule is CN(CC1(CN)CC1)c1ccc(Cl)cc1Cl. The van der Waals surface area contributed by atoms with Crippen molar-refractivity contribution in [2.45, 2.75) is 12.8 Å². The minimum absolute atomic E-state index is 0.317. The van der Waals surface area contributed by atoms with Gasteiger partial charge in [-0.2, -0.15) is 0 Å². The van der Waals surface area contributed by atoms with Gasteiger partial charge in [0.1, 0.15) is 0 Å². The predicted octanol–water partition coefficient (Wildman–Crippen LogP) is 3.17. The third-order valence-electron chi connectivity index (χ3n) is 3.28. The summed E-state index contributed by atoms with van der Waals surface area (Å²) in [6, 6.07) is 5.59. The van der Waals surface area contributed by atoms with Crippen molar-refractivity contribution in [1.82, 2.24) is 0 Å². The summed E-state index contributed by atoms with van der Waals surface area (Å²) in [6.45, 7) is 1.72. The Hall–Kier alpha value is -0.440. The number of nitrogens with two attached hydrogens (primary N) is 1. The molecule has 0 bridgehead atoms. The lowest BCUT2D eigenvalue weighted by Gasteiger charge is -2.25. The first-order valence-corrected chi connectivity index (χ1v) is 6.18. The van der Waals surface area contributed by atoms with Gasteiger partial charge < -0.3 is 10.6 Å². The Labute approximate surface area is 106 Å². The van der Waals surface area contributed by atoms with E-state index >= 15 is 0 Å². The standard InChI is InChI=1S/C12H16Cl2N2/c1-16(8-12(7-15)4-5-12)11-3-2-9(13)6-10(11)14/h2-3,6H,4-5,7-8,15H2,1H3. The maximum absolute atomic E-state index is 6.16. The molecule has 2 rings (SSSR count). The molecular formula is C12H16Cl2N2. The van der Waals surface area contributed by atoms with Crippen LogP contribution in [0.1, 0.15) is 12.8 Å². The number of hydrogen-bond acceptors (Lipinski definition) is 2. The number of anilines is 1. The maximum atomic E-state index is 6.16. The van der Waals surface area contributed by atoms with Gasteiger partial charge in [0.15, 0.2) is 0 Å². The zero-order valence-electron chi connectivity index (χ0n) is 9.34. The second-order valence-electron chi connectivity index (χ2n) is 4.66. The van der Waals surface area contributed by atoms with Gasteiger partial charge >= 0.3 is 0 Å². The van der Waals surface area contributed by atoms with Crippen LogP contribution >= 0.6 is 23.2 Å². The summed E-state index contributed by atoms with van der Waals surface area (Å²) in [4.78, 5) is 2.17. The van der Waals surface area contributed by atoms with Crippen molar-refractivity contribution >= 4 is 28.9 Å². The van der Waals surface area contributed by atoms with Crippen LogP contribution in [0.25, 0.3) is 0 Å². The Balaban J connectivity index is 2.11. The van der Waals surface area contributed by atoms with Crippen molar-refractivity contribution in [3.05, 3.63) is 28.2 Å². The van der Waals surface area contributed by atoms with Gasteiger partial charge in [0.25, 0.3) is 0 Å². The minimum atomic E-state index is 0.317. The molecule has 2 nitrogen and oxygen atoms in total. The van der Waals surface area contributed by atoms with Crippen molar-refractivity contribution in [3.63, 3.8) is 0 Å². The molecule has 1 aromatic carbocycles. The van der Waals surface area contributed by atoms with Crippen molar-refractivity contribution in [3.8, 4) is 0 Å². The Bertz CT molecular complexity index is 389. The first kappa shape index (κ1) is 12.0. The third-order valence-corrected chi connectivity index (χ3v) is 3.82. The minimum Gasteiger partial charge on any atom is -0.373 e. The molecule has 16 heavy (non-hydrogen) atoms. The highest BCUT2D eigenvalue weighted by Gasteiger charge is 2.42. The summed E-state index contributed by atoms with van der Waals surface area (Å²) >= 11 is 12.0. The van der Waals surface area contributed by atoms with Crippen LogP contribution in [0.4, 0.5) is 5.69 Å². The fraction of sp³-hybridized carbons (Fsp3) is 0.500. The normalized spacial score (nSPS) is 17.2. The molecule has 0 amide bonds. The fourth-order valence-electron chi connectivity index (χ4n) is 1.98. The molecule has 0 aromatic heterocycles. The molecular weight excluding hydrogens is 243 g/mol. The van der Waals surface area contributed by atoms with Gasteiger partial charge in [-0.15, -0.1) is 0 Å². The number of rotatable bonds is 4. The Morgan fingerprint density at radius 3 is 2.56 bits per heavy atom. The van der Waals surface area contributed by atoms with Crippen LogP contribution in [0.5, 0.6) is 0 Å². The number of benzene rings is 1. The molecule has 0 spiro atoms. The second kappa shape index (κ2) is 4.44. The van der Waals surface area contributed by atoms with Crippen LogP contribution in [-0.2, 0) is 0 Å². The highest BCUT2D eigenvalue weighted by molar-refractivity contribution is 6.36. The van der Waals surface area contributed by atoms with Crippen LogP contribution in [-0.4, -0.2) is 20.1 Å². The van der Waals surface area contributed by atoms with E-state index in [4.69, 9.17) is 28.9 Å². The first-order chi connectivity index (χ1) is 7.56. The summed E-state index contributed by atoms with van der Waals surface area (Å²) < 4.78 is 0. The third kappa shape index (κ3) is 2.45. The summed E-state index contributed by atoms with van der Waals surface area (Å²) in [7, 11) is 2.05. The first-order valence-electron chi connectivity index (χ1n) is 5.43. The largest absolute Gasteiger partial charge is 0.373 e. The lowest BCUT2D eigenvalue weighted by atomic mass is 10.1. The van der Waals surface area contributed by atoms with Gasteiger partial charge in [-0.3, -0.25) is 0 Å². The van der Waals surface area contributed by atoms with E-state index in [1.54, 1.807) is 6.07 Å². The molecule has 1 saturated carbocycles. The Kier molecular flexibility index (Phi) is 3.34. The molecule has 0 heterocycles. The average molecular weight is 259 g/mol. The molecule has 0 atom stereocenters. The molecule has 1 aliphatic rings. The van der Waals surface area contributed by atoms with E-state index in [2.05, 4.69) is 4.90 Å². The zero-order chi connectivity index (χ0) is 11.8. The van der Waals surface area contributed by atoms with Crippen molar-refractivity contribution in [2.24, 2.45) is 11.1 Å². The van der Waals surface area contributed by atoms with Crippen LogP contribution in [0.15, 0.2) is 18.2 Å². The molecule has 0 saturated heterocycles. The summed E-state index contributed by atoms with van der Waals surface area (Å²) in [6.07, 6.45) is 2.44. The van der Waals surface area contributed by atoms with E-state index in [1.807, 2.05) is 19.2 Å². The molecule has 0 aliphatic heterocycles. The van der Waals surface area contributed by atoms with Gasteiger partial charge in [-0.05, 0) is 37.6 Å². The van der Waals surface area contributed by atoms with Crippen LogP contribution in [0.2, 0.25) is 10.0 Å². The highest BCUT2D eigenvalue weighted by Crippen LogP contribution is 2.46. The topological polar surface area (TPSA) is 29.3 Å². The number of nitrogens with zero attached hydrogens (tertiary/aromatic N) is 1. The van der Waals surface area contributed by atoms with Crippen LogP contribution in [0, 0.1) is 5.41 Å². The van der Waals surface area contributed by atoms with E-state index in [-0.39, 0.29) is 0 Å². The Morgan fingerprint density at radius 1 is 1.38 bits per heavy atom. The van der Waals surface area contributed by atoms with E-state index in [0.29, 0.717) is 15.5 Å². The quantitative estimate of drug-likeness (QED) is 0.899. The van der Waals surface area contributed by atoms with Gasteiger partial charge in [0, 0.05) is 24.0 Å². The monoisotopic (exact) mass is 258 g/mol. The number of halogens is 2. The molecule has 1 aliphatic carbocycles. The van der Waals surface area contributed by atoms with Gasteiger partial charge in [0.05, 0.1) is 10.7 Å². The molecule has 2 N–H and O–H groups in total. The summed E-state index contributed by atoms with van der Waals surface area (Å²) in [5.74, 6) is 0. The lowest BCUT2D eigenvalue weighted by molar-refractivity contribution is 0.523. The molecule has 0 radical (unpaired) electrons. The van der Waals surface area contributed by atoms with E-state index in [1.165, 1.54) is 12.8 Å². The molecule has 4 heteroatoms. The fourth-order valence-corrected chi connectivity index (χ4v) is 2.54. The van der Waals surface area contributed by atoms with E-state index in [9.17, 15) is 0 Å². The highest BCUT2D eigenvalue weighted by atomic mass is 35.5. The van der Waals surface area contributed by atoms with Gasteiger partial charge in [0.2, 0.25) is 0 Å². The van der Waals surface area contributed by atoms with Crippen molar-refractivity contribution in [2.75, 3.05) is 25.0 Å². The number of hydrogen-bond donors (Lipinski definition) is 1. The zero-order valence-corrected chi connectivity index (χ0v) is 10.9. The van der Waals surface area contributed by atoms with E-state index < -0.39 is 0 Å². The smallest absolute Gasteiger partial charge is 0.0654 e. The van der Waals surface area contributed by atoms with Crippen LogP contribution in [0.3, 0.4) is 0 Å². The summed E-state index contributed by atoms with van der Waals surface area (Å²) in [5.41, 5.74) is 7.11. The van der Waals surface area contributed by atoms with Crippen molar-refractivity contribution in [1.29, 1.82) is 0 Å². The average Bonchev–Trinajstić information content (AvgIpc) is 2.98. The maximum Gasteiger partial charge on any atom is 0.0654 e. The van der Waals surface area contributed by atoms with Gasteiger partial charge in [-0.1, -0.05) is 23.2 Å². The summed E-state index contributed by atoms with van der Waals surface area (Å²) in [5, 5.41) is 1.37. The van der Waals surface area contributed by atoms with E-state index in [0.717, 1.165) is 18.8 Å². The van der Waals surface area contributed by atoms with Gasteiger partial charge in [-0.25, -0.2) is 0 Å². The van der Waals surface area contributed by atoms with Crippen molar-refractivity contribution < 1.29 is 0 Å². The second-order valence-corrected chi connectivity index (χ2v) is 5.50. The molecule has 1 fully saturated rings. The predicted molar refractivity (Wildman–Crippen MR) is 70.5 cm³/mol.